The van der Waals surface area contributed by atoms with Gasteiger partial charge in [-0.3, -0.25) is 0 Å². The summed E-state index contributed by atoms with van der Waals surface area (Å²) < 4.78 is 3.02. The fraction of sp³-hybridized carbons (Fsp3) is 0.831. The van der Waals surface area contributed by atoms with Crippen LogP contribution < -0.4 is 0 Å². The average Bonchev–Trinajstić information content (AvgIpc) is 3.67. The normalized spacial score (nSPS) is 21.1. The maximum Gasteiger partial charge on any atom is 0.126 e. The molecule has 0 aliphatic heterocycles. The third kappa shape index (κ3) is 15.2. The van der Waals surface area contributed by atoms with Crippen molar-refractivity contribution in [3.8, 4) is 0 Å². The van der Waals surface area contributed by atoms with Crippen molar-refractivity contribution < 1.29 is 0 Å². The Bertz CT molecular complexity index is 1370. The van der Waals surface area contributed by atoms with Crippen LogP contribution in [0.4, 0.5) is 0 Å². The lowest BCUT2D eigenvalue weighted by molar-refractivity contribution is 0.122. The highest BCUT2D eigenvalue weighted by molar-refractivity contribution is 6.76. The predicted octanol–water partition coefficient (Wildman–Crippen LogP) is 19.8. The first-order valence-corrected chi connectivity index (χ1v) is 30.6. The Morgan fingerprint density at radius 1 is 0.525 bits per heavy atom. The van der Waals surface area contributed by atoms with Crippen LogP contribution in [-0.2, 0) is 5.41 Å². The zero-order valence-electron chi connectivity index (χ0n) is 43.1. The third-order valence-electron chi connectivity index (χ3n) is 16.2. The van der Waals surface area contributed by atoms with Crippen molar-refractivity contribution in [2.75, 3.05) is 0 Å². The largest absolute Gasteiger partial charge is 0.314 e. The monoisotopic (exact) mass is 856 g/mol. The molecule has 4 rings (SSSR count). The molecule has 61 heavy (non-hydrogen) atoms. The van der Waals surface area contributed by atoms with E-state index in [2.05, 4.69) is 116 Å². The minimum atomic E-state index is -1.84. The van der Waals surface area contributed by atoms with Crippen LogP contribution in [0.2, 0.25) is 18.6 Å². The SMILES string of the molecule is CCCCCCCCCCCCCCCCC1(CCCCCCCCCCCCCCCC)C2=CC3C(C)CC([Si](C)(C)N(C(C)(C)C)C(C)(C)C)C3C=C2c2ccccc21. The summed E-state index contributed by atoms with van der Waals surface area (Å²) in [6.07, 6.45) is 50.2. The van der Waals surface area contributed by atoms with Crippen molar-refractivity contribution in [3.63, 3.8) is 0 Å². The second kappa shape index (κ2) is 26.1. The average molecular weight is 857 g/mol. The molecule has 0 spiro atoms. The van der Waals surface area contributed by atoms with Crippen molar-refractivity contribution in [1.29, 1.82) is 0 Å². The second-order valence-electron chi connectivity index (χ2n) is 23.8. The summed E-state index contributed by atoms with van der Waals surface area (Å²) in [4.78, 5) is 0. The molecular weight excluding hydrogens is 751 g/mol. The summed E-state index contributed by atoms with van der Waals surface area (Å²) in [5, 5.41) is 0. The van der Waals surface area contributed by atoms with E-state index in [0.717, 1.165) is 11.5 Å². The van der Waals surface area contributed by atoms with Crippen LogP contribution in [0.15, 0.2) is 42.0 Å². The molecule has 3 aliphatic rings. The highest BCUT2D eigenvalue weighted by atomic mass is 28.3. The van der Waals surface area contributed by atoms with E-state index in [0.29, 0.717) is 11.8 Å². The lowest BCUT2D eigenvalue weighted by Gasteiger charge is -2.57. The first-order chi connectivity index (χ1) is 29.2. The number of hydrogen-bond donors (Lipinski definition) is 0. The third-order valence-corrected chi connectivity index (χ3v) is 21.1. The standard InChI is InChI=1S/C59H105NSi/c1-12-14-16-18-20-22-24-26-28-30-32-34-36-40-44-59(45-41-37-35-33-31-29-27-25-23-21-19-17-15-13-2)54-43-39-38-42-50(54)52-47-53-51(48-55(52)59)49(3)46-56(53)61(10,11)60(57(4,5)6)58(7,8)9/h38-39,42-43,47-49,51,53,56H,12-37,40-41,44-46H2,1-11H3. The highest BCUT2D eigenvalue weighted by Crippen LogP contribution is 2.63. The summed E-state index contributed by atoms with van der Waals surface area (Å²) in [6.45, 7) is 27.6. The van der Waals surface area contributed by atoms with Gasteiger partial charge in [0.05, 0.1) is 0 Å². The molecule has 1 nitrogen and oxygen atoms in total. The Balaban J connectivity index is 1.43. The zero-order valence-corrected chi connectivity index (χ0v) is 44.1. The van der Waals surface area contributed by atoms with Gasteiger partial charge in [0, 0.05) is 16.5 Å². The highest BCUT2D eigenvalue weighted by Gasteiger charge is 2.56. The lowest BCUT2D eigenvalue weighted by Crippen LogP contribution is -2.67. The number of allylic oxidation sites excluding steroid dienone is 4. The molecule has 0 amide bonds. The number of rotatable bonds is 32. The molecule has 1 aromatic rings. The molecule has 350 valence electrons. The van der Waals surface area contributed by atoms with Crippen molar-refractivity contribution in [3.05, 3.63) is 53.1 Å². The Morgan fingerprint density at radius 2 is 0.902 bits per heavy atom. The zero-order chi connectivity index (χ0) is 44.4. The molecule has 2 heteroatoms. The number of nitrogens with zero attached hydrogens (tertiary/aromatic N) is 1. The van der Waals surface area contributed by atoms with Crippen molar-refractivity contribution in [1.82, 2.24) is 4.57 Å². The fourth-order valence-corrected chi connectivity index (χ4v) is 19.9. The van der Waals surface area contributed by atoms with E-state index in [1.54, 1.807) is 22.3 Å². The smallest absolute Gasteiger partial charge is 0.126 e. The van der Waals surface area contributed by atoms with Gasteiger partial charge in [-0.05, 0) is 106 Å². The van der Waals surface area contributed by atoms with Gasteiger partial charge in [0.1, 0.15) is 8.24 Å². The van der Waals surface area contributed by atoms with Crippen LogP contribution >= 0.6 is 0 Å². The topological polar surface area (TPSA) is 3.24 Å². The minimum absolute atomic E-state index is 0.161. The van der Waals surface area contributed by atoms with Gasteiger partial charge in [0.15, 0.2) is 0 Å². The number of benzene rings is 1. The van der Waals surface area contributed by atoms with Gasteiger partial charge >= 0.3 is 0 Å². The molecular formula is C59H105NSi. The van der Waals surface area contributed by atoms with Crippen LogP contribution in [0.5, 0.6) is 0 Å². The quantitative estimate of drug-likeness (QED) is 0.0515. The molecule has 0 saturated heterocycles. The molecule has 0 radical (unpaired) electrons. The Labute approximate surface area is 384 Å². The van der Waals surface area contributed by atoms with Gasteiger partial charge in [0.2, 0.25) is 0 Å². The molecule has 0 N–H and O–H groups in total. The lowest BCUT2D eigenvalue weighted by atomic mass is 9.67. The van der Waals surface area contributed by atoms with Crippen LogP contribution in [0.3, 0.4) is 0 Å². The van der Waals surface area contributed by atoms with Crippen LogP contribution in [-0.4, -0.2) is 23.9 Å². The van der Waals surface area contributed by atoms with Gasteiger partial charge in [-0.1, -0.05) is 250 Å². The van der Waals surface area contributed by atoms with E-state index in [9.17, 15) is 0 Å². The maximum absolute atomic E-state index is 3.02. The van der Waals surface area contributed by atoms with E-state index in [4.69, 9.17) is 0 Å². The molecule has 0 aromatic heterocycles. The Kier molecular flexibility index (Phi) is 22.5. The molecule has 4 unspecified atom stereocenters. The second-order valence-corrected chi connectivity index (χ2v) is 28.3. The Morgan fingerprint density at radius 3 is 1.30 bits per heavy atom. The minimum Gasteiger partial charge on any atom is -0.314 e. The van der Waals surface area contributed by atoms with E-state index in [1.807, 2.05) is 0 Å². The van der Waals surface area contributed by atoms with Gasteiger partial charge in [-0.25, -0.2) is 0 Å². The number of unbranched alkanes of at least 4 members (excludes halogenated alkanes) is 26. The van der Waals surface area contributed by atoms with Gasteiger partial charge < -0.3 is 4.57 Å². The molecule has 0 heterocycles. The van der Waals surface area contributed by atoms with Crippen molar-refractivity contribution in [2.45, 2.75) is 296 Å². The van der Waals surface area contributed by atoms with Crippen molar-refractivity contribution in [2.24, 2.45) is 17.8 Å². The summed E-state index contributed by atoms with van der Waals surface area (Å²) in [5.41, 5.74) is 8.03. The van der Waals surface area contributed by atoms with Crippen LogP contribution in [0, 0.1) is 17.8 Å². The summed E-state index contributed by atoms with van der Waals surface area (Å²) in [7, 11) is -1.84. The summed E-state index contributed by atoms with van der Waals surface area (Å²) in [5.74, 6) is 2.09. The first kappa shape index (κ1) is 52.5. The van der Waals surface area contributed by atoms with Gasteiger partial charge in [-0.2, -0.15) is 0 Å². The maximum atomic E-state index is 3.02. The molecule has 1 fully saturated rings. The Hall–Kier alpha value is -1.12. The van der Waals surface area contributed by atoms with E-state index < -0.39 is 8.24 Å². The van der Waals surface area contributed by atoms with E-state index in [1.165, 1.54) is 199 Å². The molecule has 1 saturated carbocycles. The first-order valence-electron chi connectivity index (χ1n) is 27.5. The van der Waals surface area contributed by atoms with E-state index in [-0.39, 0.29) is 16.5 Å². The molecule has 4 atom stereocenters. The van der Waals surface area contributed by atoms with Crippen LogP contribution in [0.1, 0.15) is 272 Å². The molecule has 1 aromatic carbocycles. The summed E-state index contributed by atoms with van der Waals surface area (Å²) in [6, 6.07) is 9.85. The van der Waals surface area contributed by atoms with Gasteiger partial charge in [0.25, 0.3) is 0 Å². The molecule has 3 aliphatic carbocycles. The number of hydrogen-bond acceptors (Lipinski definition) is 1. The van der Waals surface area contributed by atoms with Gasteiger partial charge in [-0.15, -0.1) is 0 Å². The van der Waals surface area contributed by atoms with Crippen molar-refractivity contribution >= 4 is 13.8 Å². The number of fused-ring (bicyclic) bond motifs is 4. The fourth-order valence-electron chi connectivity index (χ4n) is 13.9. The van der Waals surface area contributed by atoms with Crippen LogP contribution in [0.25, 0.3) is 5.57 Å². The van der Waals surface area contributed by atoms with E-state index >= 15 is 0 Å². The molecule has 0 bridgehead atoms. The predicted molar refractivity (Wildman–Crippen MR) is 277 cm³/mol. The summed E-state index contributed by atoms with van der Waals surface area (Å²) >= 11 is 0.